The second kappa shape index (κ2) is 10.1. The summed E-state index contributed by atoms with van der Waals surface area (Å²) >= 11 is 5.11. The molecule has 0 aliphatic carbocycles. The highest BCUT2D eigenvalue weighted by Gasteiger charge is 2.01. The van der Waals surface area contributed by atoms with Crippen LogP contribution in [0.2, 0.25) is 0 Å². The molecular weight excluding hydrogens is 298 g/mol. The van der Waals surface area contributed by atoms with Crippen LogP contribution in [-0.2, 0) is 4.74 Å². The summed E-state index contributed by atoms with van der Waals surface area (Å²) < 4.78 is 10.6. The van der Waals surface area contributed by atoms with Gasteiger partial charge in [-0.25, -0.2) is 0 Å². The fourth-order valence-corrected chi connectivity index (χ4v) is 1.71. The monoisotopic (exact) mass is 323 g/mol. The zero-order valence-corrected chi connectivity index (χ0v) is 14.5. The zero-order valence-electron chi connectivity index (χ0n) is 13.7. The van der Waals surface area contributed by atoms with Gasteiger partial charge in [-0.15, -0.1) is 0 Å². The Morgan fingerprint density at radius 1 is 1.27 bits per heavy atom. The Bertz CT molecular complexity index is 487. The van der Waals surface area contributed by atoms with E-state index in [9.17, 15) is 0 Å². The standard InChI is InChI=1S/C16H25N3O2S/c1-12(2)11-21-15-7-5-14(6-8-15)13(3)18-19-16(22)17-9-10-20-4/h5-8,12H,9-11H2,1-4H3,(H2,17,19,22)/b18-13-. The highest BCUT2D eigenvalue weighted by atomic mass is 32.1. The molecule has 5 nitrogen and oxygen atoms in total. The molecule has 0 amide bonds. The van der Waals surface area contributed by atoms with E-state index in [0.29, 0.717) is 24.2 Å². The number of hydrogen-bond acceptors (Lipinski definition) is 4. The number of nitrogens with one attached hydrogen (secondary N) is 2. The molecule has 0 aliphatic heterocycles. The smallest absolute Gasteiger partial charge is 0.187 e. The third kappa shape index (κ3) is 7.38. The van der Waals surface area contributed by atoms with Crippen LogP contribution in [0.15, 0.2) is 29.4 Å². The van der Waals surface area contributed by atoms with Gasteiger partial charge in [-0.05, 0) is 54.9 Å². The molecule has 0 atom stereocenters. The first-order valence-corrected chi connectivity index (χ1v) is 7.74. The Hall–Kier alpha value is -1.66. The van der Waals surface area contributed by atoms with Gasteiger partial charge in [0, 0.05) is 13.7 Å². The van der Waals surface area contributed by atoms with Gasteiger partial charge in [0.05, 0.1) is 18.9 Å². The van der Waals surface area contributed by atoms with E-state index in [1.807, 2.05) is 31.2 Å². The predicted molar refractivity (Wildman–Crippen MR) is 94.6 cm³/mol. The van der Waals surface area contributed by atoms with Crippen molar-refractivity contribution >= 4 is 23.0 Å². The molecular formula is C16H25N3O2S. The van der Waals surface area contributed by atoms with Crippen molar-refractivity contribution < 1.29 is 9.47 Å². The molecule has 6 heteroatoms. The summed E-state index contributed by atoms with van der Waals surface area (Å²) in [7, 11) is 1.65. The normalized spacial score (nSPS) is 11.4. The molecule has 0 bridgehead atoms. The van der Waals surface area contributed by atoms with Crippen LogP contribution in [-0.4, -0.2) is 37.7 Å². The second-order valence-electron chi connectivity index (χ2n) is 5.29. The molecule has 1 aromatic rings. The van der Waals surface area contributed by atoms with Crippen LogP contribution in [0, 0.1) is 5.92 Å². The summed E-state index contributed by atoms with van der Waals surface area (Å²) in [4.78, 5) is 0. The van der Waals surface area contributed by atoms with Crippen molar-refractivity contribution in [1.29, 1.82) is 0 Å². The van der Waals surface area contributed by atoms with Gasteiger partial charge in [-0.1, -0.05) is 13.8 Å². The van der Waals surface area contributed by atoms with Crippen molar-refractivity contribution in [2.45, 2.75) is 20.8 Å². The molecule has 1 rings (SSSR count). The molecule has 0 unspecified atom stereocenters. The maximum absolute atomic E-state index is 5.66. The molecule has 22 heavy (non-hydrogen) atoms. The second-order valence-corrected chi connectivity index (χ2v) is 5.70. The lowest BCUT2D eigenvalue weighted by Gasteiger charge is -2.10. The lowest BCUT2D eigenvalue weighted by molar-refractivity contribution is 0.204. The summed E-state index contributed by atoms with van der Waals surface area (Å²) in [6.07, 6.45) is 0. The number of benzene rings is 1. The topological polar surface area (TPSA) is 54.9 Å². The van der Waals surface area contributed by atoms with Crippen LogP contribution in [0.4, 0.5) is 0 Å². The first-order chi connectivity index (χ1) is 10.5. The van der Waals surface area contributed by atoms with Gasteiger partial charge in [0.15, 0.2) is 5.11 Å². The molecule has 0 saturated heterocycles. The molecule has 0 aliphatic rings. The third-order valence-corrected chi connectivity index (χ3v) is 3.01. The van der Waals surface area contributed by atoms with Crippen molar-refractivity contribution in [2.24, 2.45) is 11.0 Å². The number of hydrogen-bond donors (Lipinski definition) is 2. The minimum absolute atomic E-state index is 0.480. The molecule has 0 aromatic heterocycles. The minimum Gasteiger partial charge on any atom is -0.493 e. The maximum atomic E-state index is 5.66. The van der Waals surface area contributed by atoms with Crippen LogP contribution in [0.5, 0.6) is 5.75 Å². The molecule has 0 radical (unpaired) electrons. The quantitative estimate of drug-likeness (QED) is 0.333. The number of nitrogens with zero attached hydrogens (tertiary/aromatic N) is 1. The largest absolute Gasteiger partial charge is 0.493 e. The zero-order chi connectivity index (χ0) is 16.4. The van der Waals surface area contributed by atoms with Gasteiger partial charge in [0.2, 0.25) is 0 Å². The van der Waals surface area contributed by atoms with Crippen LogP contribution >= 0.6 is 12.2 Å². The van der Waals surface area contributed by atoms with Crippen LogP contribution in [0.1, 0.15) is 26.3 Å². The first-order valence-electron chi connectivity index (χ1n) is 7.33. The summed E-state index contributed by atoms with van der Waals surface area (Å²) in [5.41, 5.74) is 4.69. The average Bonchev–Trinajstić information content (AvgIpc) is 2.51. The van der Waals surface area contributed by atoms with Crippen LogP contribution in [0.3, 0.4) is 0 Å². The van der Waals surface area contributed by atoms with Crippen LogP contribution in [0.25, 0.3) is 0 Å². The van der Waals surface area contributed by atoms with E-state index >= 15 is 0 Å². The number of thiocarbonyl (C=S) groups is 1. The van der Waals surface area contributed by atoms with E-state index in [2.05, 4.69) is 29.7 Å². The van der Waals surface area contributed by atoms with Crippen molar-refractivity contribution in [3.8, 4) is 5.75 Å². The maximum Gasteiger partial charge on any atom is 0.187 e. The molecule has 0 saturated carbocycles. The highest BCUT2D eigenvalue weighted by molar-refractivity contribution is 7.80. The summed E-state index contributed by atoms with van der Waals surface area (Å²) in [5, 5.41) is 7.73. The van der Waals surface area contributed by atoms with Gasteiger partial charge in [0.25, 0.3) is 0 Å². The van der Waals surface area contributed by atoms with E-state index < -0.39 is 0 Å². The van der Waals surface area contributed by atoms with Gasteiger partial charge >= 0.3 is 0 Å². The predicted octanol–water partition coefficient (Wildman–Crippen LogP) is 2.56. The van der Waals surface area contributed by atoms with E-state index in [0.717, 1.165) is 23.6 Å². The van der Waals surface area contributed by atoms with Gasteiger partial charge in [0.1, 0.15) is 5.75 Å². The van der Waals surface area contributed by atoms with Gasteiger partial charge < -0.3 is 14.8 Å². The first kappa shape index (κ1) is 18.4. The molecule has 0 fully saturated rings. The number of ether oxygens (including phenoxy) is 2. The molecule has 2 N–H and O–H groups in total. The van der Waals surface area contributed by atoms with Crippen molar-refractivity contribution in [2.75, 3.05) is 26.9 Å². The minimum atomic E-state index is 0.480. The molecule has 0 spiro atoms. The van der Waals surface area contributed by atoms with Gasteiger partial charge in [-0.3, -0.25) is 5.43 Å². The Morgan fingerprint density at radius 3 is 2.55 bits per heavy atom. The number of methoxy groups -OCH3 is 1. The number of rotatable bonds is 8. The highest BCUT2D eigenvalue weighted by Crippen LogP contribution is 2.13. The summed E-state index contributed by atoms with van der Waals surface area (Å²) in [6.45, 7) is 8.14. The Balaban J connectivity index is 2.48. The van der Waals surface area contributed by atoms with Gasteiger partial charge in [-0.2, -0.15) is 5.10 Å². The van der Waals surface area contributed by atoms with Crippen molar-refractivity contribution in [1.82, 2.24) is 10.7 Å². The van der Waals surface area contributed by atoms with Crippen LogP contribution < -0.4 is 15.5 Å². The number of hydrazone groups is 1. The lowest BCUT2D eigenvalue weighted by Crippen LogP contribution is -2.34. The summed E-state index contributed by atoms with van der Waals surface area (Å²) in [6, 6.07) is 7.87. The fraction of sp³-hybridized carbons (Fsp3) is 0.500. The molecule has 122 valence electrons. The Labute approximate surface area is 138 Å². The van der Waals surface area contributed by atoms with E-state index in [-0.39, 0.29) is 0 Å². The van der Waals surface area contributed by atoms with Crippen molar-refractivity contribution in [3.63, 3.8) is 0 Å². The Kier molecular flexibility index (Phi) is 8.47. The third-order valence-electron chi connectivity index (χ3n) is 2.77. The SMILES string of the molecule is COCCNC(=S)N/N=C(/C)c1ccc(OCC(C)C)cc1. The summed E-state index contributed by atoms with van der Waals surface area (Å²) in [5.74, 6) is 1.38. The fourth-order valence-electron chi connectivity index (χ4n) is 1.56. The Morgan fingerprint density at radius 2 is 1.95 bits per heavy atom. The van der Waals surface area contributed by atoms with E-state index in [1.165, 1.54) is 0 Å². The van der Waals surface area contributed by atoms with E-state index in [1.54, 1.807) is 7.11 Å². The van der Waals surface area contributed by atoms with E-state index in [4.69, 9.17) is 21.7 Å². The average molecular weight is 323 g/mol. The molecule has 1 aromatic carbocycles. The lowest BCUT2D eigenvalue weighted by atomic mass is 10.1. The molecule has 0 heterocycles. The van der Waals surface area contributed by atoms with Crippen molar-refractivity contribution in [3.05, 3.63) is 29.8 Å².